The van der Waals surface area contributed by atoms with Crippen LogP contribution in [0.3, 0.4) is 0 Å². The zero-order chi connectivity index (χ0) is 18.4. The van der Waals surface area contributed by atoms with Gasteiger partial charge in [-0.15, -0.1) is 0 Å². The van der Waals surface area contributed by atoms with Crippen LogP contribution in [0.1, 0.15) is 49.3 Å². The third-order valence-corrected chi connectivity index (χ3v) is 5.46. The molecule has 5 heteroatoms. The fourth-order valence-electron chi connectivity index (χ4n) is 3.78. The van der Waals surface area contributed by atoms with Crippen LogP contribution in [0.2, 0.25) is 0 Å². The minimum absolute atomic E-state index is 0.0900. The Balaban J connectivity index is 1.72. The van der Waals surface area contributed by atoms with Crippen LogP contribution < -0.4 is 5.32 Å². The van der Waals surface area contributed by atoms with Gasteiger partial charge in [0.1, 0.15) is 11.6 Å². The lowest BCUT2D eigenvalue weighted by Gasteiger charge is -2.36. The van der Waals surface area contributed by atoms with E-state index >= 15 is 0 Å². The Morgan fingerprint density at radius 3 is 2.54 bits per heavy atom. The molecule has 2 aromatic rings. The Hall–Kier alpha value is -2.14. The van der Waals surface area contributed by atoms with Crippen LogP contribution in [0.15, 0.2) is 47.1 Å². The second kappa shape index (κ2) is 8.49. The van der Waals surface area contributed by atoms with E-state index in [0.717, 1.165) is 31.2 Å². The van der Waals surface area contributed by atoms with Gasteiger partial charge in [-0.05, 0) is 42.7 Å². The third kappa shape index (κ3) is 4.52. The molecule has 26 heavy (non-hydrogen) atoms. The summed E-state index contributed by atoms with van der Waals surface area (Å²) in [5.41, 5.74) is 0.536. The molecule has 1 aromatic carbocycles. The average Bonchev–Trinajstić information content (AvgIpc) is 3.19. The van der Waals surface area contributed by atoms with Gasteiger partial charge in [-0.1, -0.05) is 31.4 Å². The summed E-state index contributed by atoms with van der Waals surface area (Å²) in [6, 6.07) is 9.65. The Kier molecular flexibility index (Phi) is 6.09. The number of hydrogen-bond acceptors (Lipinski definition) is 3. The number of aliphatic hydroxyl groups is 1. The first kappa shape index (κ1) is 18.6. The van der Waals surface area contributed by atoms with Crippen molar-refractivity contribution in [1.29, 1.82) is 0 Å². The maximum atomic E-state index is 13.3. The molecule has 1 amide bonds. The van der Waals surface area contributed by atoms with Gasteiger partial charge in [0, 0.05) is 18.4 Å². The van der Waals surface area contributed by atoms with E-state index in [4.69, 9.17) is 4.42 Å². The van der Waals surface area contributed by atoms with Crippen LogP contribution in [-0.4, -0.2) is 24.2 Å². The fraction of sp³-hybridized carbons (Fsp3) is 0.476. The van der Waals surface area contributed by atoms with Crippen LogP contribution in [0.5, 0.6) is 0 Å². The lowest BCUT2D eigenvalue weighted by atomic mass is 9.74. The Bertz CT molecular complexity index is 691. The molecule has 0 spiro atoms. The zero-order valence-electron chi connectivity index (χ0n) is 14.9. The van der Waals surface area contributed by atoms with Crippen molar-refractivity contribution in [2.45, 2.75) is 44.4 Å². The second-order valence-electron chi connectivity index (χ2n) is 7.32. The number of rotatable bonds is 7. The van der Waals surface area contributed by atoms with E-state index < -0.39 is 5.92 Å². The number of carbonyl (C=O) groups is 1. The van der Waals surface area contributed by atoms with Crippen LogP contribution in [0.25, 0.3) is 0 Å². The van der Waals surface area contributed by atoms with Gasteiger partial charge in [-0.2, -0.15) is 0 Å². The molecule has 1 atom stereocenters. The van der Waals surface area contributed by atoms with E-state index in [1.165, 1.54) is 18.6 Å². The number of benzene rings is 1. The molecule has 1 heterocycles. The average molecular weight is 359 g/mol. The summed E-state index contributed by atoms with van der Waals surface area (Å²) in [6.45, 7) is 0.560. The lowest BCUT2D eigenvalue weighted by Crippen LogP contribution is -2.43. The largest absolute Gasteiger partial charge is 0.469 e. The molecular formula is C21H26FNO3. The Morgan fingerprint density at radius 1 is 1.19 bits per heavy atom. The standard InChI is InChI=1S/C21H26FNO3/c22-17-8-6-16(7-9-17)19(13-18-5-4-12-26-18)20(25)23-14-21(15-24)10-2-1-3-11-21/h4-9,12,19,24H,1-3,10-11,13-15H2,(H,23,25). The summed E-state index contributed by atoms with van der Waals surface area (Å²) >= 11 is 0. The summed E-state index contributed by atoms with van der Waals surface area (Å²) in [6.07, 6.45) is 7.22. The minimum Gasteiger partial charge on any atom is -0.469 e. The van der Waals surface area contributed by atoms with E-state index in [0.29, 0.717) is 18.7 Å². The highest BCUT2D eigenvalue weighted by Crippen LogP contribution is 2.35. The Labute approximate surface area is 153 Å². The first-order valence-corrected chi connectivity index (χ1v) is 9.28. The summed E-state index contributed by atoms with van der Waals surface area (Å²) in [4.78, 5) is 12.9. The number of aliphatic hydroxyl groups excluding tert-OH is 1. The van der Waals surface area contributed by atoms with Crippen molar-refractivity contribution in [2.24, 2.45) is 5.41 Å². The molecule has 140 valence electrons. The van der Waals surface area contributed by atoms with Gasteiger partial charge in [0.2, 0.25) is 5.91 Å². The molecule has 0 radical (unpaired) electrons. The quantitative estimate of drug-likeness (QED) is 0.790. The molecule has 4 nitrogen and oxygen atoms in total. The van der Waals surface area contributed by atoms with Gasteiger partial charge >= 0.3 is 0 Å². The molecule has 1 aliphatic rings. The number of furan rings is 1. The lowest BCUT2D eigenvalue weighted by molar-refractivity contribution is -0.123. The second-order valence-corrected chi connectivity index (χ2v) is 7.32. The predicted molar refractivity (Wildman–Crippen MR) is 97.2 cm³/mol. The smallest absolute Gasteiger partial charge is 0.228 e. The van der Waals surface area contributed by atoms with Crippen molar-refractivity contribution in [2.75, 3.05) is 13.2 Å². The van der Waals surface area contributed by atoms with Gasteiger partial charge in [0.15, 0.2) is 0 Å². The maximum Gasteiger partial charge on any atom is 0.228 e. The van der Waals surface area contributed by atoms with Crippen molar-refractivity contribution in [1.82, 2.24) is 5.32 Å². The van der Waals surface area contributed by atoms with Gasteiger partial charge in [-0.25, -0.2) is 4.39 Å². The summed E-state index contributed by atoms with van der Waals surface area (Å²) in [5, 5.41) is 12.9. The number of amides is 1. The van der Waals surface area contributed by atoms with Crippen molar-refractivity contribution < 1.29 is 18.7 Å². The van der Waals surface area contributed by atoms with Gasteiger partial charge in [0.05, 0.1) is 18.8 Å². The van der Waals surface area contributed by atoms with E-state index in [1.807, 2.05) is 6.07 Å². The third-order valence-electron chi connectivity index (χ3n) is 5.46. The first-order valence-electron chi connectivity index (χ1n) is 9.28. The molecule has 0 saturated heterocycles. The molecule has 1 aliphatic carbocycles. The van der Waals surface area contributed by atoms with Crippen LogP contribution in [0.4, 0.5) is 4.39 Å². The molecule has 3 rings (SSSR count). The molecule has 1 aromatic heterocycles. The highest BCUT2D eigenvalue weighted by atomic mass is 19.1. The number of nitrogens with one attached hydrogen (secondary N) is 1. The van der Waals surface area contributed by atoms with Crippen LogP contribution >= 0.6 is 0 Å². The van der Waals surface area contributed by atoms with Gasteiger partial charge in [-0.3, -0.25) is 4.79 Å². The molecular weight excluding hydrogens is 333 g/mol. The van der Waals surface area contributed by atoms with Crippen LogP contribution in [-0.2, 0) is 11.2 Å². The molecule has 2 N–H and O–H groups in total. The number of hydrogen-bond donors (Lipinski definition) is 2. The molecule has 0 aliphatic heterocycles. The van der Waals surface area contributed by atoms with E-state index in [2.05, 4.69) is 5.32 Å². The molecule has 1 fully saturated rings. The topological polar surface area (TPSA) is 62.5 Å². The van der Waals surface area contributed by atoms with E-state index in [-0.39, 0.29) is 23.7 Å². The van der Waals surface area contributed by atoms with Crippen molar-refractivity contribution >= 4 is 5.91 Å². The normalized spacial score (nSPS) is 17.6. The Morgan fingerprint density at radius 2 is 1.92 bits per heavy atom. The fourth-order valence-corrected chi connectivity index (χ4v) is 3.78. The van der Waals surface area contributed by atoms with E-state index in [9.17, 15) is 14.3 Å². The highest BCUT2D eigenvalue weighted by Gasteiger charge is 2.33. The molecule has 1 unspecified atom stereocenters. The summed E-state index contributed by atoms with van der Waals surface area (Å²) < 4.78 is 18.7. The number of carbonyl (C=O) groups excluding carboxylic acids is 1. The maximum absolute atomic E-state index is 13.3. The van der Waals surface area contributed by atoms with Gasteiger partial charge in [0.25, 0.3) is 0 Å². The van der Waals surface area contributed by atoms with Gasteiger partial charge < -0.3 is 14.8 Å². The zero-order valence-corrected chi connectivity index (χ0v) is 14.9. The highest BCUT2D eigenvalue weighted by molar-refractivity contribution is 5.84. The van der Waals surface area contributed by atoms with Crippen molar-refractivity contribution in [3.05, 3.63) is 59.8 Å². The van der Waals surface area contributed by atoms with Crippen molar-refractivity contribution in [3.63, 3.8) is 0 Å². The molecule has 1 saturated carbocycles. The monoisotopic (exact) mass is 359 g/mol. The first-order chi connectivity index (χ1) is 12.6. The number of halogens is 1. The molecule has 0 bridgehead atoms. The van der Waals surface area contributed by atoms with Crippen LogP contribution in [0, 0.1) is 11.2 Å². The SMILES string of the molecule is O=C(NCC1(CO)CCCCC1)C(Cc1ccco1)c1ccc(F)cc1. The summed E-state index contributed by atoms with van der Waals surface area (Å²) in [5.74, 6) is -0.191. The predicted octanol–water partition coefficient (Wildman–Crippen LogP) is 3.80. The summed E-state index contributed by atoms with van der Waals surface area (Å²) in [7, 11) is 0. The minimum atomic E-state index is -0.457. The van der Waals surface area contributed by atoms with Crippen molar-refractivity contribution in [3.8, 4) is 0 Å². The van der Waals surface area contributed by atoms with E-state index in [1.54, 1.807) is 24.5 Å².